The van der Waals surface area contributed by atoms with E-state index in [1.807, 2.05) is 36.1 Å². The average Bonchev–Trinajstić information content (AvgIpc) is 3.25. The molecule has 1 aliphatic carbocycles. The third-order valence-electron chi connectivity index (χ3n) is 6.72. The molecule has 0 aromatic heterocycles. The van der Waals surface area contributed by atoms with E-state index in [1.165, 1.54) is 0 Å². The van der Waals surface area contributed by atoms with Crippen molar-refractivity contribution in [2.24, 2.45) is 11.0 Å². The molecule has 33 heavy (non-hydrogen) atoms. The molecule has 0 bridgehead atoms. The maximum Gasteiger partial charge on any atom is 0.231 e. The van der Waals surface area contributed by atoms with Gasteiger partial charge in [-0.1, -0.05) is 42.6 Å². The zero-order valence-corrected chi connectivity index (χ0v) is 20.0. The lowest BCUT2D eigenvalue weighted by Gasteiger charge is -2.50. The molecule has 1 aromatic carbocycles. The summed E-state index contributed by atoms with van der Waals surface area (Å²) in [5.41, 5.74) is 4.10. The normalized spacial score (nSPS) is 24.1. The van der Waals surface area contributed by atoms with Gasteiger partial charge in [0, 0.05) is 43.7 Å². The quantitative estimate of drug-likeness (QED) is 0.508. The summed E-state index contributed by atoms with van der Waals surface area (Å²) in [5.74, 6) is 0.990. The van der Waals surface area contributed by atoms with Gasteiger partial charge in [0.05, 0.1) is 12.5 Å². The largest absolute Gasteiger partial charge is 0.382 e. The second-order valence-electron chi connectivity index (χ2n) is 8.85. The van der Waals surface area contributed by atoms with Crippen LogP contribution in [0.15, 0.2) is 29.4 Å². The second kappa shape index (κ2) is 11.2. The Morgan fingerprint density at radius 3 is 2.94 bits per heavy atom. The number of amides is 2. The number of rotatable bonds is 10. The summed E-state index contributed by atoms with van der Waals surface area (Å²) in [5, 5.41) is 8.19. The van der Waals surface area contributed by atoms with Crippen molar-refractivity contribution in [3.63, 3.8) is 0 Å². The lowest BCUT2D eigenvalue weighted by Crippen LogP contribution is -2.67. The topological polar surface area (TPSA) is 86.3 Å². The van der Waals surface area contributed by atoms with Crippen molar-refractivity contribution in [1.82, 2.24) is 20.5 Å². The number of hydrogen-bond donors (Lipinski definition) is 2. The number of hydrogen-bond acceptors (Lipinski definition) is 6. The SMILES string of the molecule is CCOCCCNC(=O)CCC1=NNC2N(Cc3ccccc3Cl)C(=O)C3CCCCC3N12. The van der Waals surface area contributed by atoms with Gasteiger partial charge >= 0.3 is 0 Å². The molecule has 4 rings (SSSR count). The van der Waals surface area contributed by atoms with Crippen molar-refractivity contribution in [3.05, 3.63) is 34.9 Å². The number of carbonyl (C=O) groups is 2. The fourth-order valence-electron chi connectivity index (χ4n) is 5.07. The monoisotopic (exact) mass is 475 g/mol. The van der Waals surface area contributed by atoms with E-state index in [0.717, 1.165) is 43.5 Å². The van der Waals surface area contributed by atoms with Gasteiger partial charge in [-0.2, -0.15) is 5.10 Å². The number of benzene rings is 1. The van der Waals surface area contributed by atoms with E-state index in [2.05, 4.69) is 20.7 Å². The van der Waals surface area contributed by atoms with Gasteiger partial charge in [0.1, 0.15) is 5.84 Å². The van der Waals surface area contributed by atoms with E-state index in [9.17, 15) is 9.59 Å². The van der Waals surface area contributed by atoms with Crippen LogP contribution in [0.1, 0.15) is 57.4 Å². The van der Waals surface area contributed by atoms with Crippen LogP contribution >= 0.6 is 11.6 Å². The van der Waals surface area contributed by atoms with E-state index in [-0.39, 0.29) is 30.1 Å². The van der Waals surface area contributed by atoms with Gasteiger partial charge in [-0.05, 0) is 37.8 Å². The molecule has 0 radical (unpaired) electrons. The summed E-state index contributed by atoms with van der Waals surface area (Å²) in [6.45, 7) is 4.35. The van der Waals surface area contributed by atoms with Gasteiger partial charge in [-0.25, -0.2) is 0 Å². The third-order valence-corrected chi connectivity index (χ3v) is 7.09. The van der Waals surface area contributed by atoms with Crippen molar-refractivity contribution >= 4 is 29.3 Å². The van der Waals surface area contributed by atoms with Crippen LogP contribution in [-0.4, -0.2) is 59.5 Å². The van der Waals surface area contributed by atoms with Crippen molar-refractivity contribution in [2.75, 3.05) is 19.8 Å². The Labute approximate surface area is 200 Å². The third kappa shape index (κ3) is 5.44. The molecule has 1 aromatic rings. The molecule has 0 spiro atoms. The van der Waals surface area contributed by atoms with Crippen LogP contribution in [-0.2, 0) is 20.9 Å². The zero-order chi connectivity index (χ0) is 23.2. The van der Waals surface area contributed by atoms with Crippen LogP contribution < -0.4 is 10.7 Å². The first-order chi connectivity index (χ1) is 16.1. The first-order valence-corrected chi connectivity index (χ1v) is 12.5. The molecule has 2 heterocycles. The summed E-state index contributed by atoms with van der Waals surface area (Å²) in [6, 6.07) is 7.77. The van der Waals surface area contributed by atoms with Gasteiger partial charge < -0.3 is 15.0 Å². The molecule has 2 fully saturated rings. The molecule has 2 aliphatic heterocycles. The zero-order valence-electron chi connectivity index (χ0n) is 19.3. The molecule has 2 amide bonds. The number of nitrogens with one attached hydrogen (secondary N) is 2. The Morgan fingerprint density at radius 1 is 1.30 bits per heavy atom. The number of halogens is 1. The number of amidine groups is 1. The molecule has 1 saturated carbocycles. The summed E-state index contributed by atoms with van der Waals surface area (Å²) in [4.78, 5) is 29.9. The maximum absolute atomic E-state index is 13.5. The Bertz CT molecular complexity index is 879. The fraction of sp³-hybridized carbons (Fsp3) is 0.625. The highest BCUT2D eigenvalue weighted by molar-refractivity contribution is 6.31. The van der Waals surface area contributed by atoms with Gasteiger partial charge in [-0.15, -0.1) is 0 Å². The van der Waals surface area contributed by atoms with E-state index in [4.69, 9.17) is 16.3 Å². The summed E-state index contributed by atoms with van der Waals surface area (Å²) in [7, 11) is 0. The van der Waals surface area contributed by atoms with Crippen LogP contribution in [0.25, 0.3) is 0 Å². The Hall–Kier alpha value is -2.32. The van der Waals surface area contributed by atoms with Gasteiger partial charge in [0.15, 0.2) is 6.29 Å². The fourth-order valence-corrected chi connectivity index (χ4v) is 5.27. The van der Waals surface area contributed by atoms with Gasteiger partial charge in [0.25, 0.3) is 0 Å². The number of fused-ring (bicyclic) bond motifs is 3. The predicted molar refractivity (Wildman–Crippen MR) is 127 cm³/mol. The van der Waals surface area contributed by atoms with Crippen LogP contribution in [0.4, 0.5) is 0 Å². The molecule has 3 unspecified atom stereocenters. The highest BCUT2D eigenvalue weighted by Crippen LogP contribution is 2.38. The molecule has 3 atom stereocenters. The summed E-state index contributed by atoms with van der Waals surface area (Å²) >= 11 is 6.40. The lowest BCUT2D eigenvalue weighted by molar-refractivity contribution is -0.156. The molecule has 3 aliphatic rings. The molecule has 1 saturated heterocycles. The smallest absolute Gasteiger partial charge is 0.231 e. The van der Waals surface area contributed by atoms with Crippen LogP contribution in [0.5, 0.6) is 0 Å². The van der Waals surface area contributed by atoms with Gasteiger partial charge in [-0.3, -0.25) is 19.9 Å². The first-order valence-electron chi connectivity index (χ1n) is 12.1. The molecule has 180 valence electrons. The van der Waals surface area contributed by atoms with E-state index >= 15 is 0 Å². The number of hydrazone groups is 1. The van der Waals surface area contributed by atoms with E-state index in [0.29, 0.717) is 44.2 Å². The molecule has 8 nitrogen and oxygen atoms in total. The van der Waals surface area contributed by atoms with E-state index in [1.54, 1.807) is 0 Å². The molecule has 9 heteroatoms. The minimum absolute atomic E-state index is 0.0128. The summed E-state index contributed by atoms with van der Waals surface area (Å²) < 4.78 is 5.31. The number of carbonyl (C=O) groups excluding carboxylic acids is 2. The molecular weight excluding hydrogens is 442 g/mol. The molecular formula is C24H34ClN5O3. The van der Waals surface area contributed by atoms with Crippen molar-refractivity contribution in [3.8, 4) is 0 Å². The van der Waals surface area contributed by atoms with Crippen LogP contribution in [0, 0.1) is 5.92 Å². The van der Waals surface area contributed by atoms with Crippen molar-refractivity contribution in [2.45, 2.75) is 70.7 Å². The Balaban J connectivity index is 1.42. The minimum Gasteiger partial charge on any atom is -0.382 e. The number of nitrogens with zero attached hydrogens (tertiary/aromatic N) is 3. The lowest BCUT2D eigenvalue weighted by atomic mass is 9.80. The Kier molecular flexibility index (Phi) is 8.09. The predicted octanol–water partition coefficient (Wildman–Crippen LogP) is 3.07. The second-order valence-corrected chi connectivity index (χ2v) is 9.26. The van der Waals surface area contributed by atoms with Gasteiger partial charge in [0.2, 0.25) is 11.8 Å². The Morgan fingerprint density at radius 2 is 2.12 bits per heavy atom. The summed E-state index contributed by atoms with van der Waals surface area (Å²) in [6.07, 6.45) is 5.41. The highest BCUT2D eigenvalue weighted by Gasteiger charge is 2.50. The van der Waals surface area contributed by atoms with Crippen LogP contribution in [0.3, 0.4) is 0 Å². The van der Waals surface area contributed by atoms with Crippen molar-refractivity contribution in [1.29, 1.82) is 0 Å². The average molecular weight is 476 g/mol. The minimum atomic E-state index is -0.336. The standard InChI is InChI=1S/C24H34ClN5O3/c1-2-33-15-7-14-26-22(31)13-12-21-27-28-24-29(16-17-8-3-5-10-19(17)25)23(32)18-9-4-6-11-20(18)30(21)24/h3,5,8,10,18,20,24,28H,2,4,6-7,9,11-16H2,1H3,(H,26,31). The number of ether oxygens (including phenoxy) is 1. The molecule has 2 N–H and O–H groups in total. The van der Waals surface area contributed by atoms with E-state index < -0.39 is 0 Å². The highest BCUT2D eigenvalue weighted by atomic mass is 35.5. The van der Waals surface area contributed by atoms with Crippen LogP contribution in [0.2, 0.25) is 5.02 Å². The maximum atomic E-state index is 13.5. The first kappa shape index (κ1) is 23.8. The van der Waals surface area contributed by atoms with Crippen molar-refractivity contribution < 1.29 is 14.3 Å².